The molecule has 0 aliphatic carbocycles. The summed E-state index contributed by atoms with van der Waals surface area (Å²) in [6, 6.07) is 168. The van der Waals surface area contributed by atoms with E-state index >= 15 is 0 Å². The number of nitrogens with zero attached hydrogens (tertiary/aromatic N) is 3. The van der Waals surface area contributed by atoms with Gasteiger partial charge in [-0.25, -0.2) is 0 Å². The van der Waals surface area contributed by atoms with Gasteiger partial charge in [-0.1, -0.05) is 473 Å². The van der Waals surface area contributed by atoms with Crippen LogP contribution < -0.4 is 14.7 Å². The van der Waals surface area contributed by atoms with Crippen molar-refractivity contribution < 1.29 is 16.4 Å². The second kappa shape index (κ2) is 37.6. The first-order valence-corrected chi connectivity index (χ1v) is 49.0. The van der Waals surface area contributed by atoms with E-state index in [2.05, 4.69) is 249 Å². The average molecular weight is 1860 g/mol. The van der Waals surface area contributed by atoms with Crippen molar-refractivity contribution in [3.63, 3.8) is 0 Å². The van der Waals surface area contributed by atoms with Crippen molar-refractivity contribution in [3.05, 3.63) is 576 Å². The molecule has 678 valence electrons. The normalized spacial score (nSPS) is 12.6. The van der Waals surface area contributed by atoms with Gasteiger partial charge >= 0.3 is 0 Å². The maximum Gasteiger partial charge on any atom is 0.0645 e. The molecular weight excluding hydrogens is 1750 g/mol. The van der Waals surface area contributed by atoms with E-state index in [1.54, 1.807) is 0 Å². The smallest absolute Gasteiger partial charge is 0.0645 e. The van der Waals surface area contributed by atoms with Gasteiger partial charge in [0, 0.05) is 50.2 Å². The zero-order chi connectivity index (χ0) is 106. The third kappa shape index (κ3) is 16.3. The van der Waals surface area contributed by atoms with Crippen LogP contribution in [0.25, 0.3) is 207 Å². The standard InChI is InChI=1S/C50H33N.2C46H31N/c1-4-14-43-35(10-1)13-9-19-45(43)37-24-29-42(30-25-37)51(50-33-39-12-3-6-16-46(39)48-17-7-8-18-49(48)50)41-27-22-34(23-28-41)38-26-31-47-40(32-38)21-20-36-11-2-5-15-44(36)47;1-2-12-33(13-3-1)42-18-10-11-21-45(42)47(46-31-36-15-5-7-17-40(36)43-19-8-9-20-44(43)46)38-27-24-32(25-28-38)35-26-29-41-37(30-35)23-22-34-14-4-6-16-39(34)41;1-2-11-32(12-3-1)35-15-10-16-40(30-35)47(46-31-37-14-5-7-18-42(37)44-19-8-9-20-45(44)46)39-26-23-33(24-27-39)36-25-28-43-38(29-36)22-21-34-13-4-6-17-41(34)43/h1-33H;2*1-31H/i22D,23D,27D,28D;24D,25D,27D,28D;23D,24D,26D,27D. The van der Waals surface area contributed by atoms with Gasteiger partial charge in [-0.2, -0.15) is 0 Å². The van der Waals surface area contributed by atoms with Gasteiger partial charge in [-0.3, -0.25) is 0 Å². The minimum absolute atomic E-state index is 0.0829. The Kier molecular flexibility index (Phi) is 19.2. The molecule has 0 fully saturated rings. The lowest BCUT2D eigenvalue weighted by molar-refractivity contribution is 1.30. The highest BCUT2D eigenvalue weighted by molar-refractivity contribution is 6.19. The zero-order valence-corrected chi connectivity index (χ0v) is 78.8. The topological polar surface area (TPSA) is 9.72 Å². The molecule has 0 saturated carbocycles. The van der Waals surface area contributed by atoms with E-state index < -0.39 is 0 Å². The molecule has 0 saturated heterocycles. The molecule has 28 aromatic carbocycles. The third-order valence-electron chi connectivity index (χ3n) is 28.2. The Hall–Kier alpha value is -19.1. The molecule has 28 aromatic rings. The van der Waals surface area contributed by atoms with Gasteiger partial charge in [-0.05, 0) is 288 Å². The van der Waals surface area contributed by atoms with Crippen molar-refractivity contribution in [3.8, 4) is 66.8 Å². The largest absolute Gasteiger partial charge is 0.310 e. The Balaban J connectivity index is 0.000000117. The van der Waals surface area contributed by atoms with Crippen molar-refractivity contribution in [1.82, 2.24) is 0 Å². The van der Waals surface area contributed by atoms with Crippen molar-refractivity contribution in [1.29, 1.82) is 0 Å². The van der Waals surface area contributed by atoms with E-state index in [4.69, 9.17) is 0 Å². The van der Waals surface area contributed by atoms with Gasteiger partial charge in [0.2, 0.25) is 0 Å². The molecule has 3 nitrogen and oxygen atoms in total. The van der Waals surface area contributed by atoms with Gasteiger partial charge in [0.1, 0.15) is 0 Å². The maximum absolute atomic E-state index is 9.64. The Morgan fingerprint density at radius 1 is 0.110 bits per heavy atom. The Labute approximate surface area is 859 Å². The fourth-order valence-corrected chi connectivity index (χ4v) is 21.3. The van der Waals surface area contributed by atoms with Gasteiger partial charge in [0.15, 0.2) is 0 Å². The van der Waals surface area contributed by atoms with Gasteiger partial charge in [0.25, 0.3) is 0 Å². The molecule has 0 aromatic heterocycles. The molecule has 0 aliphatic heterocycles. The van der Waals surface area contributed by atoms with E-state index in [0.717, 1.165) is 208 Å². The molecule has 0 atom stereocenters. The number of hydrogen-bond acceptors (Lipinski definition) is 3. The number of rotatable bonds is 15. The van der Waals surface area contributed by atoms with E-state index in [0.29, 0.717) is 16.7 Å². The van der Waals surface area contributed by atoms with Crippen molar-refractivity contribution in [2.45, 2.75) is 0 Å². The first-order valence-electron chi connectivity index (χ1n) is 55.0. The molecule has 0 heterocycles. The summed E-state index contributed by atoms with van der Waals surface area (Å²) in [5.74, 6) is 0. The molecule has 0 amide bonds. The first-order chi connectivity index (χ1) is 76.9. The number of para-hydroxylation sites is 1. The number of anilines is 9. The fraction of sp³-hybridized carbons (Fsp3) is 0. The molecular formula is C142H95N3. The fourth-order valence-electron chi connectivity index (χ4n) is 21.3. The van der Waals surface area contributed by atoms with Crippen LogP contribution in [0, 0.1) is 0 Å². The minimum Gasteiger partial charge on any atom is -0.310 e. The summed E-state index contributed by atoms with van der Waals surface area (Å²) in [6.45, 7) is 0. The monoisotopic (exact) mass is 1850 g/mol. The summed E-state index contributed by atoms with van der Waals surface area (Å²) in [5.41, 5.74) is 14.0. The van der Waals surface area contributed by atoms with Crippen LogP contribution in [0.1, 0.15) is 16.4 Å². The highest BCUT2D eigenvalue weighted by Crippen LogP contribution is 2.50. The first kappa shape index (κ1) is 74.0. The molecule has 0 unspecified atom stereocenters. The molecule has 145 heavy (non-hydrogen) atoms. The van der Waals surface area contributed by atoms with E-state index in [-0.39, 0.29) is 106 Å². The quantitative estimate of drug-likeness (QED) is 0.0947. The molecule has 0 aliphatic rings. The summed E-state index contributed by atoms with van der Waals surface area (Å²) in [5, 5.41) is 27.7. The molecule has 0 spiro atoms. The Bertz CT molecular complexity index is 10600. The van der Waals surface area contributed by atoms with E-state index in [1.807, 2.05) is 269 Å². The van der Waals surface area contributed by atoms with Crippen LogP contribution >= 0.6 is 0 Å². The maximum atomic E-state index is 9.64. The average Bonchev–Trinajstić information content (AvgIpc) is 0.731. The van der Waals surface area contributed by atoms with Crippen LogP contribution in [-0.2, 0) is 0 Å². The van der Waals surface area contributed by atoms with Gasteiger partial charge in [-0.15, -0.1) is 0 Å². The minimum atomic E-state index is -0.107. The van der Waals surface area contributed by atoms with Crippen LogP contribution in [0.15, 0.2) is 576 Å². The van der Waals surface area contributed by atoms with Crippen LogP contribution in [0.5, 0.6) is 0 Å². The lowest BCUT2D eigenvalue weighted by atomic mass is 9.96. The van der Waals surface area contributed by atoms with Crippen LogP contribution in [-0.4, -0.2) is 0 Å². The van der Waals surface area contributed by atoms with Crippen molar-refractivity contribution in [2.75, 3.05) is 14.7 Å². The predicted octanol–water partition coefficient (Wildman–Crippen LogP) is 40.5. The summed E-state index contributed by atoms with van der Waals surface area (Å²) in [4.78, 5) is 5.77. The molecule has 0 bridgehead atoms. The highest BCUT2D eigenvalue weighted by Gasteiger charge is 2.25. The second-order valence-electron chi connectivity index (χ2n) is 36.7. The summed E-state index contributed by atoms with van der Waals surface area (Å²) in [7, 11) is 0. The Morgan fingerprint density at radius 2 is 0.366 bits per heavy atom. The highest BCUT2D eigenvalue weighted by atomic mass is 15.2. The van der Waals surface area contributed by atoms with Crippen molar-refractivity contribution >= 4 is 191 Å². The number of benzene rings is 28. The zero-order valence-electron chi connectivity index (χ0n) is 90.8. The lowest BCUT2D eigenvalue weighted by Crippen LogP contribution is -2.12. The molecule has 28 rings (SSSR count). The lowest BCUT2D eigenvalue weighted by Gasteiger charge is -2.29. The number of hydrogen-bond donors (Lipinski definition) is 0. The number of fused-ring (bicyclic) bond motifs is 19. The van der Waals surface area contributed by atoms with Crippen LogP contribution in [0.2, 0.25) is 0 Å². The summed E-state index contributed by atoms with van der Waals surface area (Å²) >= 11 is 0. The molecule has 0 radical (unpaired) electrons. The van der Waals surface area contributed by atoms with Crippen LogP contribution in [0.3, 0.4) is 0 Å². The van der Waals surface area contributed by atoms with E-state index in [1.165, 1.54) is 0 Å². The van der Waals surface area contributed by atoms with Gasteiger partial charge in [0.05, 0.1) is 39.2 Å². The molecule has 3 heteroatoms. The van der Waals surface area contributed by atoms with E-state index in [9.17, 15) is 16.4 Å². The summed E-state index contributed by atoms with van der Waals surface area (Å²) in [6.07, 6.45) is 0. The third-order valence-corrected chi connectivity index (χ3v) is 28.2. The van der Waals surface area contributed by atoms with Crippen LogP contribution in [0.4, 0.5) is 51.2 Å². The van der Waals surface area contributed by atoms with Crippen molar-refractivity contribution in [2.24, 2.45) is 0 Å². The SMILES string of the molecule is [2H]c1c([2H])c(N(c2ccc(-c3cccc4ccccc34)cc2)c2cc3ccccc3c3ccccc23)c([2H])c([2H])c1-c1ccc2c(ccc3ccccc32)c1.[2H]c1c([2H])c(N(c2cccc(-c3ccccc3)c2)c2cc3ccccc3c3ccccc23)c([2H])c([2H])c1-c1ccc2c(ccc3ccccc32)c1.[2H]c1c([2H])c(N(c2ccccc2-c2ccccc2)c2cc3ccccc3c3ccccc23)c([2H])c([2H])c1-c1ccc2c(ccc3ccccc32)c1. The molecule has 0 N–H and O–H groups in total. The van der Waals surface area contributed by atoms with Gasteiger partial charge < -0.3 is 14.7 Å². The second-order valence-corrected chi connectivity index (χ2v) is 36.7. The Morgan fingerprint density at radius 3 is 0.786 bits per heavy atom. The summed E-state index contributed by atoms with van der Waals surface area (Å²) < 4.78 is 114. The predicted molar refractivity (Wildman–Crippen MR) is 624 cm³/mol.